The molecule has 2 atom stereocenters. The Kier molecular flexibility index (Phi) is 6.54. The second kappa shape index (κ2) is 9.91. The highest BCUT2D eigenvalue weighted by molar-refractivity contribution is 7.91. The van der Waals surface area contributed by atoms with Gasteiger partial charge in [0, 0.05) is 35.5 Å². The van der Waals surface area contributed by atoms with Gasteiger partial charge in [-0.05, 0) is 55.9 Å². The minimum absolute atomic E-state index is 0.0476. The Labute approximate surface area is 228 Å². The van der Waals surface area contributed by atoms with E-state index in [0.29, 0.717) is 48.4 Å². The van der Waals surface area contributed by atoms with Gasteiger partial charge in [-0.3, -0.25) is 4.79 Å². The molecule has 2 fully saturated rings. The van der Waals surface area contributed by atoms with Crippen molar-refractivity contribution in [1.82, 2.24) is 20.1 Å². The van der Waals surface area contributed by atoms with Crippen LogP contribution in [0.2, 0.25) is 5.02 Å². The van der Waals surface area contributed by atoms with Crippen molar-refractivity contribution in [3.63, 3.8) is 0 Å². The molecule has 0 unspecified atom stereocenters. The molecular weight excluding hydrogens is 549 g/mol. The predicted molar refractivity (Wildman–Crippen MR) is 142 cm³/mol. The van der Waals surface area contributed by atoms with Crippen molar-refractivity contribution in [2.75, 3.05) is 16.8 Å². The summed E-state index contributed by atoms with van der Waals surface area (Å²) < 4.78 is 44.2. The van der Waals surface area contributed by atoms with Crippen LogP contribution >= 0.6 is 11.6 Å². The van der Waals surface area contributed by atoms with Crippen LogP contribution in [0.25, 0.3) is 11.1 Å². The van der Waals surface area contributed by atoms with Gasteiger partial charge in [0.2, 0.25) is 5.88 Å². The lowest BCUT2D eigenvalue weighted by molar-refractivity contribution is 0.177. The standard InChI is InChI=1S/C26H25ClFN5O5S/c27-19-12-21(30-26(35)33-16-2-3-22(33)25-15(9-16)10-23(34)31-32-25)20(28)11-18(19)14-1-4-24(29-13-14)38-17-5-7-39(36,37)8-6-17/h1,4,10-13,16-17,22H,2-3,5-9H2,(H,30,35)(H,31,34)/t16-,22+/m0/s1. The monoisotopic (exact) mass is 573 g/mol. The number of aromatic amines is 1. The number of urea groups is 1. The van der Waals surface area contributed by atoms with Crippen LogP contribution in [0.15, 0.2) is 41.3 Å². The van der Waals surface area contributed by atoms with Crippen molar-refractivity contribution in [3.8, 4) is 17.0 Å². The molecule has 0 spiro atoms. The molecule has 0 radical (unpaired) electrons. The molecule has 3 aliphatic heterocycles. The SMILES string of the molecule is O=C(Nc1cc(Cl)c(-c2ccc(OC3CCS(=O)(=O)CC3)nc2)cc1F)N1[C@H]2CC[C@@H]1c1n[nH]c(=O)cc1C2. The zero-order chi connectivity index (χ0) is 27.3. The zero-order valence-corrected chi connectivity index (χ0v) is 22.3. The van der Waals surface area contributed by atoms with Crippen molar-refractivity contribution < 1.29 is 22.3 Å². The number of sulfone groups is 1. The third-order valence-electron chi connectivity index (χ3n) is 7.56. The number of ether oxygens (including phenoxy) is 1. The number of fused-ring (bicyclic) bond motifs is 4. The second-order valence-corrected chi connectivity index (χ2v) is 12.8. The molecule has 2 aromatic heterocycles. The summed E-state index contributed by atoms with van der Waals surface area (Å²) in [5.74, 6) is -0.117. The number of carbonyl (C=O) groups is 1. The number of hydrogen-bond donors (Lipinski definition) is 2. The maximum absolute atomic E-state index is 15.1. The summed E-state index contributed by atoms with van der Waals surface area (Å²) in [7, 11) is -2.99. The first-order valence-corrected chi connectivity index (χ1v) is 14.9. The van der Waals surface area contributed by atoms with Crippen LogP contribution in [0.4, 0.5) is 14.9 Å². The number of amides is 2. The largest absolute Gasteiger partial charge is 0.474 e. The summed E-state index contributed by atoms with van der Waals surface area (Å²) in [4.78, 5) is 30.8. The van der Waals surface area contributed by atoms with Crippen molar-refractivity contribution in [3.05, 3.63) is 69.0 Å². The minimum Gasteiger partial charge on any atom is -0.474 e. The summed E-state index contributed by atoms with van der Waals surface area (Å²) in [6.45, 7) is 0. The van der Waals surface area contributed by atoms with E-state index in [4.69, 9.17) is 16.3 Å². The molecular formula is C26H25ClFN5O5S. The van der Waals surface area contributed by atoms with Crippen LogP contribution in [0, 0.1) is 5.82 Å². The van der Waals surface area contributed by atoms with Gasteiger partial charge in [0.25, 0.3) is 5.56 Å². The van der Waals surface area contributed by atoms with Crippen LogP contribution < -0.4 is 15.6 Å². The van der Waals surface area contributed by atoms with Gasteiger partial charge >= 0.3 is 6.03 Å². The van der Waals surface area contributed by atoms with E-state index in [1.807, 2.05) is 0 Å². The summed E-state index contributed by atoms with van der Waals surface area (Å²) in [6, 6.07) is 6.61. The molecule has 3 aromatic rings. The normalized spacial score (nSPS) is 21.8. The van der Waals surface area contributed by atoms with E-state index in [-0.39, 0.29) is 46.0 Å². The Balaban J connectivity index is 1.15. The number of H-pyrrole nitrogens is 1. The highest BCUT2D eigenvalue weighted by Crippen LogP contribution is 2.43. The Morgan fingerprint density at radius 2 is 1.95 bits per heavy atom. The smallest absolute Gasteiger partial charge is 0.322 e. The minimum atomic E-state index is -2.99. The van der Waals surface area contributed by atoms with Gasteiger partial charge in [-0.15, -0.1) is 0 Å². The average Bonchev–Trinajstić information content (AvgIpc) is 3.22. The van der Waals surface area contributed by atoms with Crippen LogP contribution in [0.1, 0.15) is 43.0 Å². The van der Waals surface area contributed by atoms with Crippen molar-refractivity contribution >= 4 is 33.2 Å². The summed E-state index contributed by atoms with van der Waals surface area (Å²) in [5, 5.41) is 9.49. The maximum atomic E-state index is 15.1. The number of benzene rings is 1. The molecule has 2 saturated heterocycles. The Bertz CT molecular complexity index is 1600. The molecule has 10 nitrogen and oxygen atoms in total. The number of nitrogens with zero attached hydrogens (tertiary/aromatic N) is 3. The first kappa shape index (κ1) is 25.8. The Hall–Kier alpha value is -3.51. The lowest BCUT2D eigenvalue weighted by Crippen LogP contribution is -2.45. The molecule has 2 bridgehead atoms. The van der Waals surface area contributed by atoms with Crippen LogP contribution in [0.3, 0.4) is 0 Å². The van der Waals surface area contributed by atoms with E-state index in [9.17, 15) is 18.0 Å². The molecule has 39 heavy (non-hydrogen) atoms. The number of rotatable bonds is 4. The predicted octanol–water partition coefficient (Wildman–Crippen LogP) is 3.87. The van der Waals surface area contributed by atoms with Gasteiger partial charge in [0.1, 0.15) is 11.9 Å². The number of halogens is 2. The first-order valence-electron chi connectivity index (χ1n) is 12.7. The third-order valence-corrected chi connectivity index (χ3v) is 9.59. The Morgan fingerprint density at radius 1 is 1.15 bits per heavy atom. The summed E-state index contributed by atoms with van der Waals surface area (Å²) >= 11 is 6.49. The van der Waals surface area contributed by atoms with Crippen molar-refractivity contribution in [1.29, 1.82) is 0 Å². The number of pyridine rings is 1. The zero-order valence-electron chi connectivity index (χ0n) is 20.7. The Morgan fingerprint density at radius 3 is 2.69 bits per heavy atom. The van der Waals surface area contributed by atoms with E-state index in [0.717, 1.165) is 12.0 Å². The number of hydrogen-bond acceptors (Lipinski definition) is 7. The van der Waals surface area contributed by atoms with E-state index in [1.54, 1.807) is 17.0 Å². The van der Waals surface area contributed by atoms with Gasteiger partial charge < -0.3 is 15.0 Å². The lowest BCUT2D eigenvalue weighted by atomic mass is 9.99. The first-order chi connectivity index (χ1) is 18.7. The molecule has 5 heterocycles. The number of aromatic nitrogens is 3. The maximum Gasteiger partial charge on any atom is 0.322 e. The quantitative estimate of drug-likeness (QED) is 0.484. The molecule has 3 aliphatic rings. The summed E-state index contributed by atoms with van der Waals surface area (Å²) in [6.07, 6.45) is 4.10. The number of nitrogens with one attached hydrogen (secondary N) is 2. The topological polar surface area (TPSA) is 134 Å². The lowest BCUT2D eigenvalue weighted by Gasteiger charge is -2.35. The van der Waals surface area contributed by atoms with Gasteiger partial charge in [-0.1, -0.05) is 11.6 Å². The van der Waals surface area contributed by atoms with Crippen molar-refractivity contribution in [2.24, 2.45) is 0 Å². The van der Waals surface area contributed by atoms with Crippen LogP contribution in [-0.4, -0.2) is 58.2 Å². The molecule has 0 aliphatic carbocycles. The molecule has 6 rings (SSSR count). The van der Waals surface area contributed by atoms with E-state index < -0.39 is 21.7 Å². The number of anilines is 1. The number of carbonyl (C=O) groups excluding carboxylic acids is 1. The average molecular weight is 574 g/mol. The molecule has 13 heteroatoms. The second-order valence-electron chi connectivity index (χ2n) is 10.1. The van der Waals surface area contributed by atoms with E-state index in [2.05, 4.69) is 20.5 Å². The van der Waals surface area contributed by atoms with Gasteiger partial charge in [-0.2, -0.15) is 5.10 Å². The summed E-state index contributed by atoms with van der Waals surface area (Å²) in [5.41, 5.74) is 2.14. The fraction of sp³-hybridized carbons (Fsp3) is 0.385. The van der Waals surface area contributed by atoms with E-state index >= 15 is 4.39 Å². The molecule has 2 amide bonds. The van der Waals surface area contributed by atoms with Crippen LogP contribution in [-0.2, 0) is 16.3 Å². The third kappa shape index (κ3) is 5.10. The molecule has 0 saturated carbocycles. The fourth-order valence-corrected chi connectivity index (χ4v) is 7.35. The highest BCUT2D eigenvalue weighted by atomic mass is 35.5. The van der Waals surface area contributed by atoms with Gasteiger partial charge in [0.05, 0.1) is 34.0 Å². The van der Waals surface area contributed by atoms with Gasteiger partial charge in [0.15, 0.2) is 9.84 Å². The fourth-order valence-electron chi connectivity index (χ4n) is 5.63. The molecule has 1 aromatic carbocycles. The van der Waals surface area contributed by atoms with Crippen molar-refractivity contribution in [2.45, 2.75) is 50.3 Å². The van der Waals surface area contributed by atoms with Crippen LogP contribution in [0.5, 0.6) is 5.88 Å². The van der Waals surface area contributed by atoms with E-state index in [1.165, 1.54) is 24.4 Å². The van der Waals surface area contributed by atoms with Gasteiger partial charge in [-0.25, -0.2) is 27.7 Å². The molecule has 2 N–H and O–H groups in total. The molecule has 204 valence electrons. The highest BCUT2D eigenvalue weighted by Gasteiger charge is 2.44.